The Kier molecular flexibility index (Phi) is 3.60. The van der Waals surface area contributed by atoms with Gasteiger partial charge >= 0.3 is 0 Å². The molecule has 1 atom stereocenters. The number of rotatable bonds is 2. The molecule has 2 N–H and O–H groups in total. The molecule has 0 aliphatic carbocycles. The lowest BCUT2D eigenvalue weighted by Crippen LogP contribution is -2.16. The zero-order chi connectivity index (χ0) is 5.86. The van der Waals surface area contributed by atoms with Gasteiger partial charge in [0, 0.05) is 11.2 Å². The highest BCUT2D eigenvalue weighted by Gasteiger charge is 2.06. The number of halogens is 1. The first-order valence-corrected chi connectivity index (χ1v) is 3.22. The molecule has 0 aliphatic heterocycles. The predicted molar refractivity (Wildman–Crippen MR) is 31.2 cm³/mol. The van der Waals surface area contributed by atoms with E-state index < -0.39 is 6.29 Å². The molecule has 0 aliphatic rings. The molecule has 0 radical (unpaired) electrons. The molecule has 0 fully saturated rings. The van der Waals surface area contributed by atoms with Gasteiger partial charge in [0.05, 0.1) is 0 Å². The summed E-state index contributed by atoms with van der Waals surface area (Å²) in [7, 11) is 0. The number of hydrogen-bond acceptors (Lipinski definition) is 2. The van der Waals surface area contributed by atoms with Crippen LogP contribution in [-0.4, -0.2) is 21.8 Å². The molecule has 7 heavy (non-hydrogen) atoms. The molecule has 1 unspecified atom stereocenters. The number of aliphatic hydroxyl groups is 2. The lowest BCUT2D eigenvalue weighted by atomic mass is 10.2. The highest BCUT2D eigenvalue weighted by atomic mass is 79.9. The van der Waals surface area contributed by atoms with E-state index in [9.17, 15) is 0 Å². The van der Waals surface area contributed by atoms with Gasteiger partial charge in [0.2, 0.25) is 0 Å². The summed E-state index contributed by atoms with van der Waals surface area (Å²) in [6, 6.07) is 0. The second kappa shape index (κ2) is 3.41. The quantitative estimate of drug-likeness (QED) is 0.461. The molecule has 0 aromatic rings. The fraction of sp³-hybridized carbons (Fsp3) is 1.00. The Hall–Kier alpha value is 0.400. The van der Waals surface area contributed by atoms with E-state index in [-0.39, 0.29) is 5.92 Å². The summed E-state index contributed by atoms with van der Waals surface area (Å²) in [5, 5.41) is 17.3. The van der Waals surface area contributed by atoms with Crippen LogP contribution >= 0.6 is 15.9 Å². The maximum absolute atomic E-state index is 8.35. The van der Waals surface area contributed by atoms with Crippen molar-refractivity contribution < 1.29 is 10.2 Å². The molecule has 0 heterocycles. The Morgan fingerprint density at radius 3 is 2.00 bits per heavy atom. The average Bonchev–Trinajstić information content (AvgIpc) is 1.65. The van der Waals surface area contributed by atoms with Gasteiger partial charge in [0.25, 0.3) is 0 Å². The van der Waals surface area contributed by atoms with Gasteiger partial charge in [-0.1, -0.05) is 22.9 Å². The smallest absolute Gasteiger partial charge is 0.154 e. The predicted octanol–water partition coefficient (Wildman–Crippen LogP) is 0.328. The van der Waals surface area contributed by atoms with Crippen LogP contribution in [0.4, 0.5) is 0 Å². The Morgan fingerprint density at radius 1 is 1.57 bits per heavy atom. The summed E-state index contributed by atoms with van der Waals surface area (Å²) in [5.74, 6) is -0.0694. The number of aliphatic hydroxyl groups excluding tert-OH is 1. The van der Waals surface area contributed by atoms with Crippen molar-refractivity contribution in [3.05, 3.63) is 0 Å². The first kappa shape index (κ1) is 7.40. The third-order valence-corrected chi connectivity index (χ3v) is 1.77. The van der Waals surface area contributed by atoms with Gasteiger partial charge < -0.3 is 10.2 Å². The van der Waals surface area contributed by atoms with Crippen LogP contribution in [0.25, 0.3) is 0 Å². The molecule has 0 aromatic carbocycles. The standard InChI is InChI=1S/C4H9BrO2/c1-3(2-5)4(6)7/h3-4,6-7H,2H2,1H3. The molecular weight excluding hydrogens is 160 g/mol. The molecule has 44 valence electrons. The van der Waals surface area contributed by atoms with Crippen LogP contribution in [-0.2, 0) is 0 Å². The summed E-state index contributed by atoms with van der Waals surface area (Å²) in [6.07, 6.45) is -1.18. The van der Waals surface area contributed by atoms with E-state index in [1.165, 1.54) is 0 Å². The molecule has 0 saturated heterocycles. The topological polar surface area (TPSA) is 40.5 Å². The molecule has 0 amide bonds. The Bertz CT molecular complexity index is 47.0. The van der Waals surface area contributed by atoms with E-state index in [1.807, 2.05) is 0 Å². The molecule has 0 bridgehead atoms. The minimum Gasteiger partial charge on any atom is -0.368 e. The van der Waals surface area contributed by atoms with Crippen LogP contribution in [0.2, 0.25) is 0 Å². The zero-order valence-corrected chi connectivity index (χ0v) is 5.72. The molecule has 2 nitrogen and oxygen atoms in total. The van der Waals surface area contributed by atoms with E-state index in [2.05, 4.69) is 15.9 Å². The Morgan fingerprint density at radius 2 is 2.00 bits per heavy atom. The third-order valence-electron chi connectivity index (χ3n) is 0.752. The van der Waals surface area contributed by atoms with Gasteiger partial charge in [-0.3, -0.25) is 0 Å². The highest BCUT2D eigenvalue weighted by Crippen LogP contribution is 2.02. The van der Waals surface area contributed by atoms with E-state index >= 15 is 0 Å². The van der Waals surface area contributed by atoms with Gasteiger partial charge in [-0.25, -0.2) is 0 Å². The molecular formula is C4H9BrO2. The summed E-state index contributed by atoms with van der Waals surface area (Å²) >= 11 is 3.10. The second-order valence-corrected chi connectivity index (χ2v) is 2.19. The van der Waals surface area contributed by atoms with Crippen molar-refractivity contribution >= 4 is 15.9 Å². The van der Waals surface area contributed by atoms with Crippen LogP contribution in [0.1, 0.15) is 6.92 Å². The fourth-order valence-electron chi connectivity index (χ4n) is 0.0797. The second-order valence-electron chi connectivity index (χ2n) is 1.55. The molecule has 0 spiro atoms. The van der Waals surface area contributed by atoms with E-state index in [1.54, 1.807) is 6.92 Å². The number of hydrogen-bond donors (Lipinski definition) is 2. The zero-order valence-electron chi connectivity index (χ0n) is 4.13. The largest absolute Gasteiger partial charge is 0.368 e. The summed E-state index contributed by atoms with van der Waals surface area (Å²) < 4.78 is 0. The van der Waals surface area contributed by atoms with Crippen LogP contribution < -0.4 is 0 Å². The minimum absolute atomic E-state index is 0.0694. The summed E-state index contributed by atoms with van der Waals surface area (Å²) in [5.41, 5.74) is 0. The SMILES string of the molecule is CC(CBr)C(O)O. The monoisotopic (exact) mass is 168 g/mol. The fourth-order valence-corrected chi connectivity index (χ4v) is 0.414. The van der Waals surface area contributed by atoms with Gasteiger partial charge in [-0.15, -0.1) is 0 Å². The van der Waals surface area contributed by atoms with Crippen molar-refractivity contribution in [1.29, 1.82) is 0 Å². The van der Waals surface area contributed by atoms with Crippen molar-refractivity contribution in [1.82, 2.24) is 0 Å². The van der Waals surface area contributed by atoms with Gasteiger partial charge in [0.15, 0.2) is 6.29 Å². The van der Waals surface area contributed by atoms with E-state index in [4.69, 9.17) is 10.2 Å². The van der Waals surface area contributed by atoms with Gasteiger partial charge in [-0.2, -0.15) is 0 Å². The maximum Gasteiger partial charge on any atom is 0.154 e. The maximum atomic E-state index is 8.35. The van der Waals surface area contributed by atoms with Crippen molar-refractivity contribution in [2.75, 3.05) is 5.33 Å². The van der Waals surface area contributed by atoms with Crippen molar-refractivity contribution in [3.8, 4) is 0 Å². The van der Waals surface area contributed by atoms with Crippen molar-refractivity contribution in [3.63, 3.8) is 0 Å². The Balaban J connectivity index is 3.14. The van der Waals surface area contributed by atoms with Crippen LogP contribution in [0.3, 0.4) is 0 Å². The number of alkyl halides is 1. The Labute approximate surface area is 51.3 Å². The van der Waals surface area contributed by atoms with Crippen LogP contribution in [0.5, 0.6) is 0 Å². The third kappa shape index (κ3) is 3.02. The van der Waals surface area contributed by atoms with Crippen molar-refractivity contribution in [2.45, 2.75) is 13.2 Å². The van der Waals surface area contributed by atoms with E-state index in [0.717, 1.165) is 0 Å². The van der Waals surface area contributed by atoms with Crippen LogP contribution in [0.15, 0.2) is 0 Å². The van der Waals surface area contributed by atoms with Gasteiger partial charge in [0.1, 0.15) is 0 Å². The molecule has 0 saturated carbocycles. The summed E-state index contributed by atoms with van der Waals surface area (Å²) in [6.45, 7) is 1.75. The first-order valence-electron chi connectivity index (χ1n) is 2.10. The molecule has 0 aromatic heterocycles. The van der Waals surface area contributed by atoms with E-state index in [0.29, 0.717) is 5.33 Å². The van der Waals surface area contributed by atoms with Gasteiger partial charge in [-0.05, 0) is 0 Å². The molecule has 3 heteroatoms. The van der Waals surface area contributed by atoms with Crippen LogP contribution in [0, 0.1) is 5.92 Å². The van der Waals surface area contributed by atoms with Crippen molar-refractivity contribution in [2.24, 2.45) is 5.92 Å². The lowest BCUT2D eigenvalue weighted by Gasteiger charge is -2.07. The average molecular weight is 169 g/mol. The normalized spacial score (nSPS) is 15.0. The minimum atomic E-state index is -1.18. The first-order chi connectivity index (χ1) is 3.18. The highest BCUT2D eigenvalue weighted by molar-refractivity contribution is 9.09. The lowest BCUT2D eigenvalue weighted by molar-refractivity contribution is -0.0714. The molecule has 0 rings (SSSR count). The summed E-state index contributed by atoms with van der Waals surface area (Å²) in [4.78, 5) is 0.